The maximum Gasteiger partial charge on any atom is 0.259 e. The van der Waals surface area contributed by atoms with E-state index in [2.05, 4.69) is 20.1 Å². The fraction of sp³-hybridized carbons (Fsp3) is 0.733. The Bertz CT molecular complexity index is 468. The van der Waals surface area contributed by atoms with Gasteiger partial charge < -0.3 is 15.1 Å². The second kappa shape index (κ2) is 6.83. The van der Waals surface area contributed by atoms with Crippen LogP contribution in [0.5, 0.6) is 0 Å². The van der Waals surface area contributed by atoms with Gasteiger partial charge >= 0.3 is 0 Å². The molecule has 1 amide bonds. The third-order valence-electron chi connectivity index (χ3n) is 4.31. The van der Waals surface area contributed by atoms with Crippen LogP contribution in [0, 0.1) is 0 Å². The average molecular weight is 308 g/mol. The van der Waals surface area contributed by atoms with Gasteiger partial charge in [0, 0.05) is 31.9 Å². The Kier molecular flexibility index (Phi) is 4.85. The van der Waals surface area contributed by atoms with Crippen LogP contribution in [0.25, 0.3) is 0 Å². The first-order valence-electron chi connectivity index (χ1n) is 7.97. The largest absolute Gasteiger partial charge is 0.350 e. The summed E-state index contributed by atoms with van der Waals surface area (Å²) in [5.41, 5.74) is 1.06. The Hall–Kier alpha value is -1.01. The molecule has 0 unspecified atom stereocenters. The third kappa shape index (κ3) is 3.43. The van der Waals surface area contributed by atoms with Crippen molar-refractivity contribution in [1.29, 1.82) is 0 Å². The number of fused-ring (bicyclic) bond motifs is 1. The summed E-state index contributed by atoms with van der Waals surface area (Å²) in [6.07, 6.45) is 5.01. The van der Waals surface area contributed by atoms with Gasteiger partial charge in [0.2, 0.25) is 0 Å². The van der Waals surface area contributed by atoms with Crippen LogP contribution >= 0.6 is 11.8 Å². The lowest BCUT2D eigenvalue weighted by Crippen LogP contribution is -2.37. The Morgan fingerprint density at radius 2 is 2.05 bits per heavy atom. The molecule has 3 aliphatic heterocycles. The lowest BCUT2D eigenvalue weighted by molar-refractivity contribution is -0.116. The molecule has 0 radical (unpaired) electrons. The molecule has 21 heavy (non-hydrogen) atoms. The van der Waals surface area contributed by atoms with Crippen LogP contribution in [0.15, 0.2) is 15.6 Å². The van der Waals surface area contributed by atoms with Crippen molar-refractivity contribution in [2.24, 2.45) is 4.99 Å². The number of aliphatic imine (C=N–C) groups is 1. The Labute approximate surface area is 130 Å². The van der Waals surface area contributed by atoms with Crippen LogP contribution < -0.4 is 5.32 Å². The van der Waals surface area contributed by atoms with Crippen molar-refractivity contribution in [2.45, 2.75) is 32.6 Å². The summed E-state index contributed by atoms with van der Waals surface area (Å²) in [5, 5.41) is 4.07. The van der Waals surface area contributed by atoms with Crippen molar-refractivity contribution in [3.05, 3.63) is 10.6 Å². The fourth-order valence-electron chi connectivity index (χ4n) is 3.07. The number of likely N-dealkylation sites (tertiary alicyclic amines) is 1. The third-order valence-corrected chi connectivity index (χ3v) is 5.53. The molecule has 0 spiro atoms. The van der Waals surface area contributed by atoms with Crippen LogP contribution in [0.1, 0.15) is 32.6 Å². The zero-order valence-electron chi connectivity index (χ0n) is 12.7. The van der Waals surface area contributed by atoms with E-state index in [0.29, 0.717) is 0 Å². The van der Waals surface area contributed by atoms with Crippen molar-refractivity contribution < 1.29 is 4.79 Å². The number of thioether (sulfide) groups is 1. The Morgan fingerprint density at radius 1 is 1.24 bits per heavy atom. The number of rotatable bonds is 4. The molecule has 0 atom stereocenters. The molecule has 5 nitrogen and oxygen atoms in total. The molecule has 0 aromatic heterocycles. The number of hydrogen-bond acceptors (Lipinski definition) is 5. The van der Waals surface area contributed by atoms with E-state index >= 15 is 0 Å². The molecule has 0 saturated carbocycles. The van der Waals surface area contributed by atoms with Crippen LogP contribution in [-0.2, 0) is 4.79 Å². The Morgan fingerprint density at radius 3 is 2.81 bits per heavy atom. The maximum absolute atomic E-state index is 12.4. The Balaban J connectivity index is 1.50. The van der Waals surface area contributed by atoms with Crippen molar-refractivity contribution >= 4 is 22.8 Å². The van der Waals surface area contributed by atoms with E-state index in [1.165, 1.54) is 44.1 Å². The summed E-state index contributed by atoms with van der Waals surface area (Å²) in [7, 11) is 0. The van der Waals surface area contributed by atoms with Crippen LogP contribution in [-0.4, -0.2) is 60.1 Å². The minimum Gasteiger partial charge on any atom is -0.350 e. The molecular weight excluding hydrogens is 284 g/mol. The van der Waals surface area contributed by atoms with Gasteiger partial charge in [-0.15, -0.1) is 0 Å². The second-order valence-electron chi connectivity index (χ2n) is 5.84. The van der Waals surface area contributed by atoms with Crippen LogP contribution in [0.4, 0.5) is 0 Å². The molecule has 116 valence electrons. The maximum atomic E-state index is 12.4. The first kappa shape index (κ1) is 14.9. The molecule has 0 aromatic carbocycles. The van der Waals surface area contributed by atoms with Crippen molar-refractivity contribution in [2.75, 3.05) is 39.3 Å². The smallest absolute Gasteiger partial charge is 0.259 e. The minimum atomic E-state index is 0.0617. The monoisotopic (exact) mass is 308 g/mol. The van der Waals surface area contributed by atoms with Gasteiger partial charge in [-0.1, -0.05) is 6.42 Å². The van der Waals surface area contributed by atoms with Crippen LogP contribution in [0.3, 0.4) is 0 Å². The molecule has 0 aromatic rings. The molecular formula is C15H24N4OS. The molecule has 1 N–H and O–H groups in total. The van der Waals surface area contributed by atoms with Crippen LogP contribution in [0.2, 0.25) is 0 Å². The van der Waals surface area contributed by atoms with Gasteiger partial charge in [-0.05, 0) is 51.0 Å². The number of allylic oxidation sites excluding steroid dienone is 1. The molecule has 1 fully saturated rings. The summed E-state index contributed by atoms with van der Waals surface area (Å²) in [4.78, 5) is 22.3. The highest BCUT2D eigenvalue weighted by atomic mass is 32.2. The number of nitrogens with zero attached hydrogens (tertiary/aromatic N) is 3. The SMILES string of the molecule is CC1=C(C(=O)NCCN2CCCCC2)SC2=NCCCN21. The summed E-state index contributed by atoms with van der Waals surface area (Å²) in [6, 6.07) is 0. The van der Waals surface area contributed by atoms with Gasteiger partial charge in [0.05, 0.1) is 4.91 Å². The molecule has 6 heteroatoms. The number of amidine groups is 1. The van der Waals surface area contributed by atoms with E-state index in [1.54, 1.807) is 0 Å². The highest BCUT2D eigenvalue weighted by molar-refractivity contribution is 8.18. The molecule has 1 saturated heterocycles. The zero-order chi connectivity index (χ0) is 14.7. The number of piperidine rings is 1. The lowest BCUT2D eigenvalue weighted by atomic mass is 10.1. The van der Waals surface area contributed by atoms with Gasteiger partial charge in [0.15, 0.2) is 5.17 Å². The summed E-state index contributed by atoms with van der Waals surface area (Å²) in [5.74, 6) is 0.0617. The summed E-state index contributed by atoms with van der Waals surface area (Å²) < 4.78 is 0. The number of nitrogens with one attached hydrogen (secondary N) is 1. The van der Waals surface area contributed by atoms with Crippen molar-refractivity contribution in [3.63, 3.8) is 0 Å². The first-order valence-corrected chi connectivity index (χ1v) is 8.78. The highest BCUT2D eigenvalue weighted by Crippen LogP contribution is 2.35. The highest BCUT2D eigenvalue weighted by Gasteiger charge is 2.31. The van der Waals surface area contributed by atoms with Gasteiger partial charge in [-0.25, -0.2) is 0 Å². The number of carbonyl (C=O) groups is 1. The van der Waals surface area contributed by atoms with E-state index in [-0.39, 0.29) is 5.91 Å². The van der Waals surface area contributed by atoms with E-state index in [4.69, 9.17) is 0 Å². The van der Waals surface area contributed by atoms with Gasteiger partial charge in [0.25, 0.3) is 5.91 Å². The van der Waals surface area contributed by atoms with Crippen molar-refractivity contribution in [1.82, 2.24) is 15.1 Å². The summed E-state index contributed by atoms with van der Waals surface area (Å²) >= 11 is 1.53. The number of hydrogen-bond donors (Lipinski definition) is 1. The van der Waals surface area contributed by atoms with E-state index in [0.717, 1.165) is 48.4 Å². The quantitative estimate of drug-likeness (QED) is 0.857. The average Bonchev–Trinajstić information content (AvgIpc) is 2.86. The topological polar surface area (TPSA) is 47.9 Å². The van der Waals surface area contributed by atoms with E-state index < -0.39 is 0 Å². The van der Waals surface area contributed by atoms with Gasteiger partial charge in [0.1, 0.15) is 0 Å². The van der Waals surface area contributed by atoms with Gasteiger partial charge in [-0.2, -0.15) is 0 Å². The molecule has 3 rings (SSSR count). The first-order chi connectivity index (χ1) is 10.3. The van der Waals surface area contributed by atoms with E-state index in [9.17, 15) is 4.79 Å². The molecule has 0 bridgehead atoms. The predicted octanol–water partition coefficient (Wildman–Crippen LogP) is 1.63. The van der Waals surface area contributed by atoms with Crippen molar-refractivity contribution in [3.8, 4) is 0 Å². The number of amides is 1. The standard InChI is InChI=1S/C15H24N4OS/c1-12-13(21-15-17-6-5-10-19(12)15)14(20)16-7-11-18-8-3-2-4-9-18/h2-11H2,1H3,(H,16,20). The molecule has 3 heterocycles. The van der Waals surface area contributed by atoms with E-state index in [1.807, 2.05) is 6.92 Å². The molecule has 0 aliphatic carbocycles. The summed E-state index contributed by atoms with van der Waals surface area (Å²) in [6.45, 7) is 7.96. The molecule has 3 aliphatic rings. The predicted molar refractivity (Wildman–Crippen MR) is 87.2 cm³/mol. The second-order valence-corrected chi connectivity index (χ2v) is 6.82. The fourth-order valence-corrected chi connectivity index (χ4v) is 4.17. The zero-order valence-corrected chi connectivity index (χ0v) is 13.5. The minimum absolute atomic E-state index is 0.0617. The number of carbonyl (C=O) groups excluding carboxylic acids is 1. The lowest BCUT2D eigenvalue weighted by Gasteiger charge is -2.26. The van der Waals surface area contributed by atoms with Gasteiger partial charge in [-0.3, -0.25) is 9.79 Å². The normalized spacial score (nSPS) is 23.1.